The van der Waals surface area contributed by atoms with Gasteiger partial charge in [0.1, 0.15) is 46.0 Å². The van der Waals surface area contributed by atoms with Gasteiger partial charge in [0.05, 0.1) is 42.9 Å². The van der Waals surface area contributed by atoms with Gasteiger partial charge in [-0.1, -0.05) is 136 Å². The van der Waals surface area contributed by atoms with E-state index in [2.05, 4.69) is 79.4 Å². The predicted molar refractivity (Wildman–Crippen MR) is 320 cm³/mol. The average Bonchev–Trinajstić information content (AvgIpc) is 3.28. The van der Waals surface area contributed by atoms with Gasteiger partial charge in [-0.05, 0) is 102 Å². The van der Waals surface area contributed by atoms with Gasteiger partial charge in [-0.25, -0.2) is 9.97 Å². The number of aromatic nitrogens is 12. The number of carbonyl (C=O) groups excluding carboxylic acids is 4. The van der Waals surface area contributed by atoms with Gasteiger partial charge in [-0.3, -0.25) is 19.2 Å². The summed E-state index contributed by atoms with van der Waals surface area (Å²) in [6.45, 7) is 7.14. The number of benzene rings is 5. The number of carbonyl (C=O) groups is 4. The van der Waals surface area contributed by atoms with E-state index in [1.165, 1.54) is 39.7 Å². The number of rotatable bonds is 22. The standard InChI is InChI=1S/C32H28Cl2N8O2.C27H28Cl2N8O3/c1-19-7-9-21(10-8-19)30-31(34)39-32(38-30)26(17-29(44)36-25-16-24(25)20-5-3-2-4-6-20)37-28(43)14-11-22-15-23(33)12-13-27(22)42-18-35-40-41-42;1-3-40-13-12-30-24(39)15-21(27-33-25(26(29)34-27)18-6-4-17(2)5-7-18)32-23(38)11-8-19-14-20(28)9-10-22(19)37-16-31-35-36-37/h2-15,18,24-26H,16-17H2,1H3,(H,36,44)(H,37,43)(H,38,39);4-11,14,16,21H,3,12-13,15H2,1-2H3,(H,30,39)(H,32,38)(H,33,34)/b14-11+;11-8+/t24-,25+,26+;21-/m10/s1. The zero-order valence-corrected chi connectivity index (χ0v) is 48.5. The first-order valence-electron chi connectivity index (χ1n) is 26.5. The number of hydrogen-bond donors (Lipinski definition) is 6. The van der Waals surface area contributed by atoms with Crippen LogP contribution in [-0.2, 0) is 23.9 Å². The molecule has 430 valence electrons. The summed E-state index contributed by atoms with van der Waals surface area (Å²) in [7, 11) is 0. The van der Waals surface area contributed by atoms with Gasteiger partial charge >= 0.3 is 0 Å². The molecule has 10 rings (SSSR count). The maximum absolute atomic E-state index is 13.3. The number of ether oxygens (including phenoxy) is 1. The first-order chi connectivity index (χ1) is 40.7. The molecule has 25 heteroatoms. The van der Waals surface area contributed by atoms with E-state index in [0.29, 0.717) is 85.6 Å². The summed E-state index contributed by atoms with van der Waals surface area (Å²) in [5, 5.41) is 35.7. The maximum Gasteiger partial charge on any atom is 0.244 e. The Bertz CT molecular complexity index is 3760. The van der Waals surface area contributed by atoms with E-state index in [9.17, 15) is 19.2 Å². The van der Waals surface area contributed by atoms with Crippen LogP contribution in [0.2, 0.25) is 20.4 Å². The van der Waals surface area contributed by atoms with E-state index >= 15 is 0 Å². The summed E-state index contributed by atoms with van der Waals surface area (Å²) in [6, 6.07) is 34.3. The van der Waals surface area contributed by atoms with Crippen molar-refractivity contribution in [3.8, 4) is 33.9 Å². The number of halogens is 4. The second-order valence-corrected chi connectivity index (χ2v) is 21.0. The van der Waals surface area contributed by atoms with Crippen molar-refractivity contribution in [1.29, 1.82) is 0 Å². The molecule has 0 saturated heterocycles. The van der Waals surface area contributed by atoms with Crippen LogP contribution in [0.4, 0.5) is 0 Å². The number of hydrogen-bond acceptors (Lipinski definition) is 13. The Labute approximate surface area is 502 Å². The Morgan fingerprint density at radius 3 is 1.61 bits per heavy atom. The highest BCUT2D eigenvalue weighted by atomic mass is 35.5. The second-order valence-electron chi connectivity index (χ2n) is 19.4. The van der Waals surface area contributed by atoms with Gasteiger partial charge in [0.15, 0.2) is 0 Å². The molecule has 1 fully saturated rings. The van der Waals surface area contributed by atoms with Crippen molar-refractivity contribution >= 4 is 82.2 Å². The highest BCUT2D eigenvalue weighted by Gasteiger charge is 2.40. The van der Waals surface area contributed by atoms with Crippen LogP contribution in [0.15, 0.2) is 140 Å². The van der Waals surface area contributed by atoms with E-state index in [4.69, 9.17) is 56.1 Å². The molecule has 0 radical (unpaired) electrons. The van der Waals surface area contributed by atoms with Crippen molar-refractivity contribution in [2.24, 2.45) is 0 Å². The van der Waals surface area contributed by atoms with Crippen LogP contribution in [0.3, 0.4) is 0 Å². The van der Waals surface area contributed by atoms with Crippen LogP contribution < -0.4 is 21.3 Å². The number of nitrogens with zero attached hydrogens (tertiary/aromatic N) is 10. The van der Waals surface area contributed by atoms with Crippen molar-refractivity contribution < 1.29 is 23.9 Å². The summed E-state index contributed by atoms with van der Waals surface area (Å²) >= 11 is 25.4. The van der Waals surface area contributed by atoms with Crippen molar-refractivity contribution in [3.63, 3.8) is 0 Å². The fourth-order valence-corrected chi connectivity index (χ4v) is 9.75. The van der Waals surface area contributed by atoms with Gasteiger partial charge < -0.3 is 36.0 Å². The SMILES string of the molecule is CCOCCNC(=O)C[C@H](NC(=O)/C=C/c1cc(Cl)ccc1-n1cnnn1)c1nc(-c2ccc(C)cc2)c(Cl)[nH]1.Cc1ccc(-c2nc([C@H](CC(=O)N[C@H]3C[C@@H]3c3ccccc3)NC(=O)/C=C/c3cc(Cl)ccc3-n3cnnn3)[nH]c2Cl)cc1. The van der Waals surface area contributed by atoms with E-state index in [0.717, 1.165) is 28.7 Å². The van der Waals surface area contributed by atoms with Gasteiger partial charge in [0, 0.05) is 69.6 Å². The van der Waals surface area contributed by atoms with Gasteiger partial charge in [0.25, 0.3) is 0 Å². The van der Waals surface area contributed by atoms with Crippen molar-refractivity contribution in [2.45, 2.75) is 64.1 Å². The fourth-order valence-electron chi connectivity index (χ4n) is 8.89. The van der Waals surface area contributed by atoms with Crippen LogP contribution in [-0.4, -0.2) is 110 Å². The molecule has 1 aliphatic rings. The summed E-state index contributed by atoms with van der Waals surface area (Å²) < 4.78 is 8.21. The third-order valence-electron chi connectivity index (χ3n) is 13.2. The number of tetrazole rings is 2. The number of nitrogens with one attached hydrogen (secondary N) is 6. The minimum absolute atomic E-state index is 0.0389. The lowest BCUT2D eigenvalue weighted by molar-refractivity contribution is -0.124. The third kappa shape index (κ3) is 16.2. The first kappa shape index (κ1) is 59.8. The van der Waals surface area contributed by atoms with E-state index in [1.54, 1.807) is 48.6 Å². The fraction of sp³-hybridized carbons (Fsp3) is 0.220. The Balaban J connectivity index is 0.000000203. The first-order valence-corrected chi connectivity index (χ1v) is 28.1. The second kappa shape index (κ2) is 28.4. The maximum atomic E-state index is 13.3. The van der Waals surface area contributed by atoms with Gasteiger partial charge in [-0.15, -0.1) is 10.2 Å². The molecule has 1 saturated carbocycles. The monoisotopic (exact) mass is 1210 g/mol. The Morgan fingerprint density at radius 2 is 1.14 bits per heavy atom. The molecule has 0 spiro atoms. The predicted octanol–water partition coefficient (Wildman–Crippen LogP) is 9.68. The zero-order valence-electron chi connectivity index (χ0n) is 45.5. The summed E-state index contributed by atoms with van der Waals surface area (Å²) in [4.78, 5) is 67.7. The molecule has 84 heavy (non-hydrogen) atoms. The lowest BCUT2D eigenvalue weighted by Gasteiger charge is -2.16. The van der Waals surface area contributed by atoms with Crippen molar-refractivity contribution in [1.82, 2.24) is 81.6 Å². The topological polar surface area (TPSA) is 270 Å². The number of imidazole rings is 2. The van der Waals surface area contributed by atoms with E-state index in [1.807, 2.05) is 87.5 Å². The lowest BCUT2D eigenvalue weighted by Crippen LogP contribution is -2.34. The molecule has 9 aromatic rings. The van der Waals surface area contributed by atoms with Crippen molar-refractivity contribution in [2.75, 3.05) is 19.8 Å². The minimum Gasteiger partial charge on any atom is -0.380 e. The summed E-state index contributed by atoms with van der Waals surface area (Å²) in [5.74, 6) is -0.399. The highest BCUT2D eigenvalue weighted by Crippen LogP contribution is 2.41. The van der Waals surface area contributed by atoms with Gasteiger partial charge in [-0.2, -0.15) is 9.36 Å². The minimum atomic E-state index is -0.792. The molecule has 4 heterocycles. The number of H-pyrrole nitrogens is 2. The van der Waals surface area contributed by atoms with Crippen molar-refractivity contribution in [3.05, 3.63) is 200 Å². The van der Waals surface area contributed by atoms with Crippen LogP contribution in [0.5, 0.6) is 0 Å². The average molecular weight is 1210 g/mol. The molecule has 4 atom stereocenters. The number of amides is 4. The largest absolute Gasteiger partial charge is 0.380 e. The molecule has 1 aliphatic carbocycles. The van der Waals surface area contributed by atoms with E-state index < -0.39 is 23.9 Å². The van der Waals surface area contributed by atoms with Gasteiger partial charge in [0.2, 0.25) is 23.6 Å². The molecule has 0 aliphatic heterocycles. The molecular formula is C59H56Cl4N16O5. The normalized spacial score (nSPS) is 14.4. The molecule has 6 N–H and O–H groups in total. The highest BCUT2D eigenvalue weighted by molar-refractivity contribution is 6.32. The van der Waals surface area contributed by atoms with Crippen LogP contribution in [0.1, 0.15) is 83.7 Å². The molecule has 0 unspecified atom stereocenters. The Kier molecular flexibility index (Phi) is 20.2. The molecule has 21 nitrogen and oxygen atoms in total. The summed E-state index contributed by atoms with van der Waals surface area (Å²) in [5.41, 5.74) is 8.57. The number of aryl methyl sites for hydroxylation is 2. The molecule has 5 aromatic carbocycles. The van der Waals surface area contributed by atoms with E-state index in [-0.39, 0.29) is 36.6 Å². The smallest absolute Gasteiger partial charge is 0.244 e. The molecule has 4 aromatic heterocycles. The molecule has 0 bridgehead atoms. The lowest BCUT2D eigenvalue weighted by atomic mass is 10.1. The molecular weight excluding hydrogens is 1150 g/mol. The molecule has 4 amide bonds. The zero-order chi connectivity index (χ0) is 59.1. The quantitative estimate of drug-likeness (QED) is 0.0273. The van der Waals surface area contributed by atoms with Crippen LogP contribution in [0, 0.1) is 13.8 Å². The Morgan fingerprint density at radius 1 is 0.655 bits per heavy atom. The van der Waals surface area contributed by atoms with Crippen LogP contribution >= 0.6 is 46.4 Å². The summed E-state index contributed by atoms with van der Waals surface area (Å²) in [6.07, 6.45) is 9.53. The Hall–Kier alpha value is -8.86. The van der Waals surface area contributed by atoms with Crippen LogP contribution in [0.25, 0.3) is 46.0 Å². The third-order valence-corrected chi connectivity index (χ3v) is 14.2. The number of aromatic amines is 2.